The Balaban J connectivity index is 1.68. The molecule has 8 heteroatoms. The number of hydrogen-bond donors (Lipinski definition) is 0. The SMILES string of the molecule is CN(C)C(=O)COC[C@@]12CCCO[C@@H]1CCN(S(=O)(=O)C1CC1)C2. The van der Waals surface area contributed by atoms with Gasteiger partial charge < -0.3 is 14.4 Å². The van der Waals surface area contributed by atoms with Crippen LogP contribution in [0.4, 0.5) is 0 Å². The van der Waals surface area contributed by atoms with Crippen LogP contribution in [0.2, 0.25) is 0 Å². The number of fused-ring (bicyclic) bond motifs is 1. The number of likely N-dealkylation sites (N-methyl/N-ethyl adjacent to an activating group) is 1. The Morgan fingerprint density at radius 1 is 1.33 bits per heavy atom. The molecule has 0 aromatic heterocycles. The molecule has 138 valence electrons. The summed E-state index contributed by atoms with van der Waals surface area (Å²) in [7, 11) is 0.206. The lowest BCUT2D eigenvalue weighted by atomic mass is 9.73. The number of carbonyl (C=O) groups is 1. The molecule has 0 unspecified atom stereocenters. The molecular formula is C16H28N2O5S. The molecule has 0 N–H and O–H groups in total. The normalized spacial score (nSPS) is 31.5. The topological polar surface area (TPSA) is 76.2 Å². The fourth-order valence-corrected chi connectivity index (χ4v) is 5.68. The van der Waals surface area contributed by atoms with Crippen LogP contribution in [-0.4, -0.2) is 81.9 Å². The number of nitrogens with zero attached hydrogens (tertiary/aromatic N) is 2. The van der Waals surface area contributed by atoms with E-state index >= 15 is 0 Å². The lowest BCUT2D eigenvalue weighted by Crippen LogP contribution is -2.58. The highest BCUT2D eigenvalue weighted by atomic mass is 32.2. The second-order valence-corrected chi connectivity index (χ2v) is 9.69. The van der Waals surface area contributed by atoms with Crippen molar-refractivity contribution in [2.45, 2.75) is 43.5 Å². The number of ether oxygens (including phenoxy) is 2. The van der Waals surface area contributed by atoms with Gasteiger partial charge in [0.1, 0.15) is 6.61 Å². The third-order valence-electron chi connectivity index (χ3n) is 5.37. The van der Waals surface area contributed by atoms with Gasteiger partial charge in [-0.25, -0.2) is 12.7 Å². The van der Waals surface area contributed by atoms with Crippen molar-refractivity contribution in [2.24, 2.45) is 5.41 Å². The van der Waals surface area contributed by atoms with E-state index in [1.54, 1.807) is 18.4 Å². The van der Waals surface area contributed by atoms with Crippen molar-refractivity contribution in [1.29, 1.82) is 0 Å². The van der Waals surface area contributed by atoms with Gasteiger partial charge in [0.05, 0.1) is 18.0 Å². The van der Waals surface area contributed by atoms with Crippen LogP contribution < -0.4 is 0 Å². The van der Waals surface area contributed by atoms with Crippen LogP contribution in [0.25, 0.3) is 0 Å². The highest BCUT2D eigenvalue weighted by molar-refractivity contribution is 7.90. The van der Waals surface area contributed by atoms with Crippen molar-refractivity contribution < 1.29 is 22.7 Å². The largest absolute Gasteiger partial charge is 0.377 e. The fourth-order valence-electron chi connectivity index (χ4n) is 3.72. The van der Waals surface area contributed by atoms with Gasteiger partial charge in [0.15, 0.2) is 0 Å². The lowest BCUT2D eigenvalue weighted by molar-refractivity contribution is -0.152. The summed E-state index contributed by atoms with van der Waals surface area (Å²) in [6.45, 7) is 2.09. The minimum atomic E-state index is -3.19. The molecule has 1 aliphatic carbocycles. The Morgan fingerprint density at radius 3 is 2.75 bits per heavy atom. The van der Waals surface area contributed by atoms with Crippen molar-refractivity contribution in [3.8, 4) is 0 Å². The summed E-state index contributed by atoms with van der Waals surface area (Å²) in [6.07, 6.45) is 4.06. The van der Waals surface area contributed by atoms with Crippen LogP contribution in [0, 0.1) is 5.41 Å². The summed E-state index contributed by atoms with van der Waals surface area (Å²) in [6, 6.07) is 0. The van der Waals surface area contributed by atoms with Crippen molar-refractivity contribution in [2.75, 3.05) is 47.0 Å². The molecule has 3 rings (SSSR count). The summed E-state index contributed by atoms with van der Waals surface area (Å²) in [5.74, 6) is -0.0852. The van der Waals surface area contributed by atoms with Crippen LogP contribution >= 0.6 is 0 Å². The summed E-state index contributed by atoms with van der Waals surface area (Å²) < 4.78 is 38.5. The van der Waals surface area contributed by atoms with Crippen molar-refractivity contribution in [1.82, 2.24) is 9.21 Å². The first-order valence-corrected chi connectivity index (χ1v) is 10.2. The molecule has 1 amide bonds. The van der Waals surface area contributed by atoms with E-state index in [4.69, 9.17) is 9.47 Å². The number of piperidine rings is 1. The Bertz CT molecular complexity index is 575. The first-order chi connectivity index (χ1) is 11.3. The standard InChI is InChI=1S/C16H28N2O5S/c1-17(2)15(19)10-22-12-16-7-3-9-23-14(16)6-8-18(11-16)24(20,21)13-4-5-13/h13-14H,3-12H2,1-2H3/t14-,16+/m1/s1. The summed E-state index contributed by atoms with van der Waals surface area (Å²) in [5, 5.41) is -0.188. The highest BCUT2D eigenvalue weighted by Gasteiger charge is 2.51. The van der Waals surface area contributed by atoms with Gasteiger partial charge in [0.2, 0.25) is 15.9 Å². The zero-order valence-electron chi connectivity index (χ0n) is 14.6. The van der Waals surface area contributed by atoms with Crippen LogP contribution in [0.15, 0.2) is 0 Å². The van der Waals surface area contributed by atoms with Crippen LogP contribution in [0.5, 0.6) is 0 Å². The first-order valence-electron chi connectivity index (χ1n) is 8.74. The van der Waals surface area contributed by atoms with Gasteiger partial charge in [-0.15, -0.1) is 0 Å². The van der Waals surface area contributed by atoms with E-state index in [0.717, 1.165) is 32.3 Å². The molecule has 0 spiro atoms. The first kappa shape index (κ1) is 18.1. The van der Waals surface area contributed by atoms with Gasteiger partial charge in [-0.2, -0.15) is 0 Å². The lowest BCUT2D eigenvalue weighted by Gasteiger charge is -2.49. The van der Waals surface area contributed by atoms with E-state index in [1.165, 1.54) is 4.90 Å². The Hall–Kier alpha value is -0.700. The molecule has 7 nitrogen and oxygen atoms in total. The molecule has 2 atom stereocenters. The molecular weight excluding hydrogens is 332 g/mol. The number of hydrogen-bond acceptors (Lipinski definition) is 5. The molecule has 3 aliphatic rings. The van der Waals surface area contributed by atoms with E-state index in [1.807, 2.05) is 0 Å². The maximum Gasteiger partial charge on any atom is 0.248 e. The summed E-state index contributed by atoms with van der Waals surface area (Å²) in [4.78, 5) is 13.2. The molecule has 2 saturated heterocycles. The molecule has 2 aliphatic heterocycles. The van der Waals surface area contributed by atoms with Crippen molar-refractivity contribution >= 4 is 15.9 Å². The van der Waals surface area contributed by atoms with E-state index in [9.17, 15) is 13.2 Å². The molecule has 0 aromatic rings. The average Bonchev–Trinajstić information content (AvgIpc) is 3.39. The van der Waals surface area contributed by atoms with Crippen LogP contribution in [0.1, 0.15) is 32.1 Å². The number of rotatable bonds is 6. The zero-order valence-corrected chi connectivity index (χ0v) is 15.4. The van der Waals surface area contributed by atoms with Gasteiger partial charge in [-0.05, 0) is 32.1 Å². The molecule has 2 heterocycles. The average molecular weight is 360 g/mol. The van der Waals surface area contributed by atoms with Gasteiger partial charge in [0, 0.05) is 39.2 Å². The molecule has 0 radical (unpaired) electrons. The maximum atomic E-state index is 12.6. The highest BCUT2D eigenvalue weighted by Crippen LogP contribution is 2.43. The predicted octanol–water partition coefficient (Wildman–Crippen LogP) is 0.455. The van der Waals surface area contributed by atoms with E-state index in [-0.39, 0.29) is 29.3 Å². The smallest absolute Gasteiger partial charge is 0.248 e. The molecule has 3 fully saturated rings. The Labute approximate surface area is 144 Å². The monoisotopic (exact) mass is 360 g/mol. The van der Waals surface area contributed by atoms with Crippen LogP contribution in [0.3, 0.4) is 0 Å². The predicted molar refractivity (Wildman–Crippen MR) is 89.1 cm³/mol. The number of carbonyl (C=O) groups excluding carboxylic acids is 1. The van der Waals surface area contributed by atoms with Gasteiger partial charge in [0.25, 0.3) is 0 Å². The molecule has 0 bridgehead atoms. The molecule has 24 heavy (non-hydrogen) atoms. The second-order valence-electron chi connectivity index (χ2n) is 7.47. The number of amides is 1. The van der Waals surface area contributed by atoms with E-state index in [2.05, 4.69) is 0 Å². The van der Waals surface area contributed by atoms with Gasteiger partial charge in [-0.3, -0.25) is 4.79 Å². The summed E-state index contributed by atoms with van der Waals surface area (Å²) >= 11 is 0. The summed E-state index contributed by atoms with van der Waals surface area (Å²) in [5.41, 5.74) is -0.328. The molecule has 1 saturated carbocycles. The van der Waals surface area contributed by atoms with E-state index in [0.29, 0.717) is 26.1 Å². The third-order valence-corrected chi connectivity index (χ3v) is 7.72. The van der Waals surface area contributed by atoms with E-state index < -0.39 is 10.0 Å². The third kappa shape index (κ3) is 3.61. The van der Waals surface area contributed by atoms with Gasteiger partial charge >= 0.3 is 0 Å². The van der Waals surface area contributed by atoms with Crippen molar-refractivity contribution in [3.05, 3.63) is 0 Å². The van der Waals surface area contributed by atoms with Crippen molar-refractivity contribution in [3.63, 3.8) is 0 Å². The zero-order chi connectivity index (χ0) is 17.4. The Morgan fingerprint density at radius 2 is 2.08 bits per heavy atom. The number of sulfonamides is 1. The minimum absolute atomic E-state index is 0.0198. The maximum absolute atomic E-state index is 12.6. The quantitative estimate of drug-likeness (QED) is 0.688. The Kier molecular flexibility index (Phi) is 5.20. The van der Waals surface area contributed by atoms with Gasteiger partial charge in [-0.1, -0.05) is 0 Å². The van der Waals surface area contributed by atoms with Crippen LogP contribution in [-0.2, 0) is 24.3 Å². The molecule has 0 aromatic carbocycles. The second kappa shape index (κ2) is 6.90. The fraction of sp³-hybridized carbons (Fsp3) is 0.938. The minimum Gasteiger partial charge on any atom is -0.377 e.